The Hall–Kier alpha value is -2.05. The molecule has 0 radical (unpaired) electrons. The van der Waals surface area contributed by atoms with E-state index in [4.69, 9.17) is 0 Å². The van der Waals surface area contributed by atoms with Gasteiger partial charge in [-0.1, -0.05) is 13.8 Å². The summed E-state index contributed by atoms with van der Waals surface area (Å²) < 4.78 is 1.73. The van der Waals surface area contributed by atoms with E-state index in [0.29, 0.717) is 6.54 Å². The molecule has 7 heteroatoms. The molecule has 3 amide bonds. The third kappa shape index (κ3) is 4.46. The Kier molecular flexibility index (Phi) is 5.28. The molecule has 128 valence electrons. The number of carbonyl (C=O) groups is 2. The highest BCUT2D eigenvalue weighted by molar-refractivity contribution is 5.87. The summed E-state index contributed by atoms with van der Waals surface area (Å²) in [6.07, 6.45) is 5.71. The molecule has 1 aromatic heterocycles. The Labute approximate surface area is 137 Å². The molecule has 0 saturated heterocycles. The Morgan fingerprint density at radius 1 is 1.39 bits per heavy atom. The molecule has 1 atom stereocenters. The zero-order valence-electron chi connectivity index (χ0n) is 14.6. The van der Waals surface area contributed by atoms with Crippen LogP contribution in [-0.4, -0.2) is 57.7 Å². The van der Waals surface area contributed by atoms with Crippen LogP contribution in [0.3, 0.4) is 0 Å². The second-order valence-electron chi connectivity index (χ2n) is 6.79. The van der Waals surface area contributed by atoms with Gasteiger partial charge < -0.3 is 15.1 Å². The van der Waals surface area contributed by atoms with Gasteiger partial charge in [0.05, 0.1) is 12.7 Å². The first kappa shape index (κ1) is 17.3. The number of nitrogens with one attached hydrogen (secondary N) is 1. The minimum Gasteiger partial charge on any atom is -0.347 e. The maximum atomic E-state index is 12.7. The minimum absolute atomic E-state index is 0.0355. The number of amides is 3. The van der Waals surface area contributed by atoms with E-state index in [1.807, 2.05) is 32.0 Å². The summed E-state index contributed by atoms with van der Waals surface area (Å²) in [7, 11) is 5.27. The second-order valence-corrected chi connectivity index (χ2v) is 6.79. The molecule has 1 heterocycles. The predicted molar refractivity (Wildman–Crippen MR) is 87.6 cm³/mol. The fourth-order valence-electron chi connectivity index (χ4n) is 2.51. The maximum absolute atomic E-state index is 12.7. The first-order valence-corrected chi connectivity index (χ1v) is 8.05. The number of hydrogen-bond acceptors (Lipinski definition) is 3. The van der Waals surface area contributed by atoms with Crippen LogP contribution in [0.4, 0.5) is 4.79 Å². The standard InChI is InChI=1S/C16H27N5O2/c1-11(2)14(15(22)19(3)4)18-16(23)21(13-6-7-13)10-12-8-17-20(5)9-12/h8-9,11,13-14H,6-7,10H2,1-5H3,(H,18,23)/t14-/m0/s1. The summed E-state index contributed by atoms with van der Waals surface area (Å²) in [6, 6.07) is -0.421. The van der Waals surface area contributed by atoms with Crippen molar-refractivity contribution in [3.63, 3.8) is 0 Å². The molecule has 0 bridgehead atoms. The van der Waals surface area contributed by atoms with E-state index < -0.39 is 6.04 Å². The van der Waals surface area contributed by atoms with Crippen molar-refractivity contribution in [1.82, 2.24) is 24.9 Å². The van der Waals surface area contributed by atoms with Crippen LogP contribution in [0, 0.1) is 5.92 Å². The van der Waals surface area contributed by atoms with Crippen LogP contribution in [0.2, 0.25) is 0 Å². The van der Waals surface area contributed by atoms with Crippen LogP contribution in [0.15, 0.2) is 12.4 Å². The summed E-state index contributed by atoms with van der Waals surface area (Å²) in [6.45, 7) is 4.40. The normalized spacial score (nSPS) is 15.4. The predicted octanol–water partition coefficient (Wildman–Crippen LogP) is 1.21. The second kappa shape index (κ2) is 7.02. The molecule has 1 N–H and O–H groups in total. The van der Waals surface area contributed by atoms with Gasteiger partial charge in [0.15, 0.2) is 0 Å². The van der Waals surface area contributed by atoms with Crippen molar-refractivity contribution in [3.8, 4) is 0 Å². The molecule has 1 aliphatic rings. The summed E-state index contributed by atoms with van der Waals surface area (Å²) in [4.78, 5) is 28.3. The fourth-order valence-corrected chi connectivity index (χ4v) is 2.51. The van der Waals surface area contributed by atoms with Crippen LogP contribution >= 0.6 is 0 Å². The summed E-state index contributed by atoms with van der Waals surface area (Å²) >= 11 is 0. The molecule has 1 aromatic rings. The smallest absolute Gasteiger partial charge is 0.318 e. The zero-order chi connectivity index (χ0) is 17.1. The number of likely N-dealkylation sites (N-methyl/N-ethyl adjacent to an activating group) is 1. The van der Waals surface area contributed by atoms with Gasteiger partial charge in [-0.2, -0.15) is 5.10 Å². The first-order valence-electron chi connectivity index (χ1n) is 8.05. The molecule has 0 aromatic carbocycles. The van der Waals surface area contributed by atoms with Crippen LogP contribution in [0.5, 0.6) is 0 Å². The number of aromatic nitrogens is 2. The van der Waals surface area contributed by atoms with Gasteiger partial charge in [0.25, 0.3) is 0 Å². The average molecular weight is 321 g/mol. The van der Waals surface area contributed by atoms with Crippen molar-refractivity contribution >= 4 is 11.9 Å². The topological polar surface area (TPSA) is 70.5 Å². The highest BCUT2D eigenvalue weighted by atomic mass is 16.2. The van der Waals surface area contributed by atoms with E-state index in [2.05, 4.69) is 10.4 Å². The lowest BCUT2D eigenvalue weighted by Crippen LogP contribution is -2.53. The average Bonchev–Trinajstić information content (AvgIpc) is 3.23. The van der Waals surface area contributed by atoms with Gasteiger partial charge in [0, 0.05) is 38.9 Å². The number of nitrogens with zero attached hydrogens (tertiary/aromatic N) is 4. The summed E-state index contributed by atoms with van der Waals surface area (Å²) in [5.41, 5.74) is 0.995. The van der Waals surface area contributed by atoms with Crippen molar-refractivity contribution in [2.45, 2.75) is 45.3 Å². The molecule has 2 rings (SSSR count). The number of hydrogen-bond donors (Lipinski definition) is 1. The Morgan fingerprint density at radius 3 is 2.48 bits per heavy atom. The molecule has 23 heavy (non-hydrogen) atoms. The highest BCUT2D eigenvalue weighted by Gasteiger charge is 2.35. The monoisotopic (exact) mass is 321 g/mol. The summed E-state index contributed by atoms with van der Waals surface area (Å²) in [5, 5.41) is 7.06. The maximum Gasteiger partial charge on any atom is 0.318 e. The van der Waals surface area contributed by atoms with E-state index >= 15 is 0 Å². The van der Waals surface area contributed by atoms with Crippen molar-refractivity contribution in [1.29, 1.82) is 0 Å². The lowest BCUT2D eigenvalue weighted by Gasteiger charge is -2.29. The Bertz CT molecular complexity index is 563. The first-order chi connectivity index (χ1) is 10.8. The van der Waals surface area contributed by atoms with E-state index in [1.54, 1.807) is 25.0 Å². The Balaban J connectivity index is 2.06. The van der Waals surface area contributed by atoms with E-state index in [9.17, 15) is 9.59 Å². The largest absolute Gasteiger partial charge is 0.347 e. The van der Waals surface area contributed by atoms with Crippen LogP contribution in [0.1, 0.15) is 32.3 Å². The van der Waals surface area contributed by atoms with Crippen LogP contribution < -0.4 is 5.32 Å². The molecule has 0 spiro atoms. The quantitative estimate of drug-likeness (QED) is 0.856. The molecular weight excluding hydrogens is 294 g/mol. The van der Waals surface area contributed by atoms with Gasteiger partial charge in [0.2, 0.25) is 5.91 Å². The number of urea groups is 1. The Morgan fingerprint density at radius 2 is 2.04 bits per heavy atom. The lowest BCUT2D eigenvalue weighted by atomic mass is 10.0. The van der Waals surface area contributed by atoms with Crippen molar-refractivity contribution in [2.24, 2.45) is 13.0 Å². The van der Waals surface area contributed by atoms with Gasteiger partial charge in [-0.15, -0.1) is 0 Å². The highest BCUT2D eigenvalue weighted by Crippen LogP contribution is 2.28. The van der Waals surface area contributed by atoms with E-state index in [0.717, 1.165) is 18.4 Å². The third-order valence-corrected chi connectivity index (χ3v) is 4.01. The number of aryl methyl sites for hydroxylation is 1. The van der Waals surface area contributed by atoms with Crippen molar-refractivity contribution in [3.05, 3.63) is 18.0 Å². The van der Waals surface area contributed by atoms with E-state index in [-0.39, 0.29) is 23.9 Å². The molecular formula is C16H27N5O2. The molecule has 1 aliphatic carbocycles. The van der Waals surface area contributed by atoms with Gasteiger partial charge in [0.1, 0.15) is 6.04 Å². The lowest BCUT2D eigenvalue weighted by molar-refractivity contribution is -0.131. The van der Waals surface area contributed by atoms with Crippen molar-refractivity contribution < 1.29 is 9.59 Å². The molecule has 0 aliphatic heterocycles. The van der Waals surface area contributed by atoms with Crippen molar-refractivity contribution in [2.75, 3.05) is 14.1 Å². The van der Waals surface area contributed by atoms with Gasteiger partial charge in [-0.25, -0.2) is 4.79 Å². The number of carbonyl (C=O) groups excluding carboxylic acids is 2. The third-order valence-electron chi connectivity index (χ3n) is 4.01. The molecule has 1 fully saturated rings. The molecule has 7 nitrogen and oxygen atoms in total. The SMILES string of the molecule is CC(C)[C@H](NC(=O)N(Cc1cnn(C)c1)C1CC1)C(=O)N(C)C. The van der Waals surface area contributed by atoms with Gasteiger partial charge in [-0.05, 0) is 18.8 Å². The summed E-state index contributed by atoms with van der Waals surface area (Å²) in [5.74, 6) is -0.0428. The molecule has 0 unspecified atom stereocenters. The van der Waals surface area contributed by atoms with Gasteiger partial charge >= 0.3 is 6.03 Å². The van der Waals surface area contributed by atoms with Crippen LogP contribution in [-0.2, 0) is 18.4 Å². The van der Waals surface area contributed by atoms with Gasteiger partial charge in [-0.3, -0.25) is 9.48 Å². The molecule has 1 saturated carbocycles. The number of rotatable bonds is 6. The van der Waals surface area contributed by atoms with E-state index in [1.165, 1.54) is 4.90 Å². The fraction of sp³-hybridized carbons (Fsp3) is 0.688. The minimum atomic E-state index is -0.507. The zero-order valence-corrected chi connectivity index (χ0v) is 14.6. The van der Waals surface area contributed by atoms with Crippen LogP contribution in [0.25, 0.3) is 0 Å².